The molecule has 0 unspecified atom stereocenters. The van der Waals surface area contributed by atoms with E-state index in [9.17, 15) is 9.59 Å². The molecule has 0 saturated heterocycles. The van der Waals surface area contributed by atoms with Crippen LogP contribution in [-0.2, 0) is 9.59 Å². The number of thioether (sulfide) groups is 1. The average Bonchev–Trinajstić information content (AvgIpc) is 3.01. The third-order valence-electron chi connectivity index (χ3n) is 3.90. The first-order valence-electron chi connectivity index (χ1n) is 7.79. The van der Waals surface area contributed by atoms with Crippen molar-refractivity contribution in [3.63, 3.8) is 0 Å². The molecule has 0 spiro atoms. The summed E-state index contributed by atoms with van der Waals surface area (Å²) in [6.45, 7) is 0. The molecule has 0 aliphatic heterocycles. The highest BCUT2D eigenvalue weighted by atomic mass is 32.2. The van der Waals surface area contributed by atoms with Crippen LogP contribution in [0.15, 0.2) is 33.9 Å². The molecular formula is C16H19N3O3S. The molecule has 122 valence electrons. The lowest BCUT2D eigenvalue weighted by molar-refractivity contribution is -0.131. The smallest absolute Gasteiger partial charge is 0.257 e. The highest BCUT2D eigenvalue weighted by molar-refractivity contribution is 7.99. The van der Waals surface area contributed by atoms with Crippen molar-refractivity contribution < 1.29 is 14.0 Å². The van der Waals surface area contributed by atoms with Crippen molar-refractivity contribution in [2.24, 2.45) is 5.92 Å². The number of nitrogens with one attached hydrogen (secondary N) is 2. The van der Waals surface area contributed by atoms with Crippen LogP contribution in [0.25, 0.3) is 11.1 Å². The van der Waals surface area contributed by atoms with Crippen molar-refractivity contribution in [2.45, 2.75) is 37.3 Å². The molecule has 0 bridgehead atoms. The second-order valence-corrected chi connectivity index (χ2v) is 6.54. The van der Waals surface area contributed by atoms with Gasteiger partial charge in [0.25, 0.3) is 5.22 Å². The van der Waals surface area contributed by atoms with Gasteiger partial charge in [0.2, 0.25) is 11.8 Å². The number of amides is 2. The Kier molecular flexibility index (Phi) is 5.17. The van der Waals surface area contributed by atoms with Gasteiger partial charge in [0.15, 0.2) is 5.58 Å². The number of carbonyl (C=O) groups excluding carboxylic acids is 2. The molecule has 23 heavy (non-hydrogen) atoms. The first-order valence-corrected chi connectivity index (χ1v) is 8.78. The summed E-state index contributed by atoms with van der Waals surface area (Å²) in [5, 5.41) is 0.444. The fourth-order valence-electron chi connectivity index (χ4n) is 2.67. The van der Waals surface area contributed by atoms with Crippen LogP contribution in [0, 0.1) is 5.92 Å². The second-order valence-electron chi connectivity index (χ2n) is 5.61. The first kappa shape index (κ1) is 15.9. The van der Waals surface area contributed by atoms with Crippen LogP contribution >= 0.6 is 11.8 Å². The summed E-state index contributed by atoms with van der Waals surface area (Å²) in [4.78, 5) is 28.0. The Morgan fingerprint density at radius 3 is 2.74 bits per heavy atom. The molecule has 1 aliphatic rings. The van der Waals surface area contributed by atoms with E-state index in [1.807, 2.05) is 24.3 Å². The summed E-state index contributed by atoms with van der Waals surface area (Å²) >= 11 is 1.20. The van der Waals surface area contributed by atoms with Gasteiger partial charge in [-0.2, -0.15) is 0 Å². The van der Waals surface area contributed by atoms with Gasteiger partial charge in [-0.15, -0.1) is 0 Å². The molecule has 1 heterocycles. The summed E-state index contributed by atoms with van der Waals surface area (Å²) in [7, 11) is 0. The molecule has 0 radical (unpaired) electrons. The topological polar surface area (TPSA) is 84.2 Å². The lowest BCUT2D eigenvalue weighted by Gasteiger charge is -2.20. The Bertz CT molecular complexity index is 662. The Morgan fingerprint density at radius 2 is 1.96 bits per heavy atom. The fraction of sp³-hybridized carbons (Fsp3) is 0.438. The maximum Gasteiger partial charge on any atom is 0.257 e. The Labute approximate surface area is 138 Å². The second kappa shape index (κ2) is 7.50. The first-order chi connectivity index (χ1) is 11.2. The fourth-order valence-corrected chi connectivity index (χ4v) is 3.31. The standard InChI is InChI=1S/C16H19N3O3S/c20-14(18-19-15(21)11-6-2-1-3-7-11)10-23-16-17-12-8-4-5-9-13(12)22-16/h4-5,8-9,11H,1-3,6-7,10H2,(H,18,20)(H,19,21). The number of para-hydroxylation sites is 2. The molecular weight excluding hydrogens is 314 g/mol. The summed E-state index contributed by atoms with van der Waals surface area (Å²) in [6, 6.07) is 7.44. The molecule has 1 aromatic heterocycles. The number of fused-ring (bicyclic) bond motifs is 1. The van der Waals surface area contributed by atoms with Crippen molar-refractivity contribution >= 4 is 34.7 Å². The van der Waals surface area contributed by atoms with Gasteiger partial charge in [-0.3, -0.25) is 20.4 Å². The lowest BCUT2D eigenvalue weighted by Crippen LogP contribution is -2.45. The van der Waals surface area contributed by atoms with E-state index in [1.54, 1.807) is 0 Å². The Hall–Kier alpha value is -2.02. The number of carbonyl (C=O) groups is 2. The number of hydrogen-bond donors (Lipinski definition) is 2. The summed E-state index contributed by atoms with van der Waals surface area (Å²) in [6.07, 6.45) is 5.16. The van der Waals surface area contributed by atoms with Crippen LogP contribution in [0.4, 0.5) is 0 Å². The number of rotatable bonds is 4. The Morgan fingerprint density at radius 1 is 1.17 bits per heavy atom. The quantitative estimate of drug-likeness (QED) is 0.664. The van der Waals surface area contributed by atoms with E-state index in [1.165, 1.54) is 18.2 Å². The number of hydrazine groups is 1. The van der Waals surface area contributed by atoms with Crippen molar-refractivity contribution in [3.8, 4) is 0 Å². The van der Waals surface area contributed by atoms with Gasteiger partial charge in [-0.25, -0.2) is 4.98 Å². The van der Waals surface area contributed by atoms with Gasteiger partial charge in [0.1, 0.15) is 5.52 Å². The van der Waals surface area contributed by atoms with E-state index in [0.717, 1.165) is 31.2 Å². The van der Waals surface area contributed by atoms with Gasteiger partial charge < -0.3 is 4.42 Å². The predicted octanol–water partition coefficient (Wildman–Crippen LogP) is 2.65. The van der Waals surface area contributed by atoms with Crippen LogP contribution < -0.4 is 10.9 Å². The van der Waals surface area contributed by atoms with Gasteiger partial charge in [0.05, 0.1) is 5.75 Å². The zero-order chi connectivity index (χ0) is 16.1. The van der Waals surface area contributed by atoms with E-state index in [0.29, 0.717) is 10.8 Å². The zero-order valence-corrected chi connectivity index (χ0v) is 13.5. The van der Waals surface area contributed by atoms with Gasteiger partial charge in [0, 0.05) is 5.92 Å². The van der Waals surface area contributed by atoms with Gasteiger partial charge >= 0.3 is 0 Å². The molecule has 1 fully saturated rings. The van der Waals surface area contributed by atoms with E-state index < -0.39 is 0 Å². The van der Waals surface area contributed by atoms with Crippen LogP contribution in [-0.4, -0.2) is 22.6 Å². The summed E-state index contributed by atoms with van der Waals surface area (Å²) in [5.74, 6) is -0.210. The minimum absolute atomic E-state index is 0.0220. The highest BCUT2D eigenvalue weighted by Gasteiger charge is 2.21. The molecule has 0 atom stereocenters. The minimum atomic E-state index is -0.276. The van der Waals surface area contributed by atoms with Crippen molar-refractivity contribution in [3.05, 3.63) is 24.3 Å². The molecule has 6 nitrogen and oxygen atoms in total. The number of oxazole rings is 1. The van der Waals surface area contributed by atoms with Crippen molar-refractivity contribution in [2.75, 3.05) is 5.75 Å². The molecule has 2 aromatic rings. The normalized spacial score (nSPS) is 15.5. The van der Waals surface area contributed by atoms with E-state index in [4.69, 9.17) is 4.42 Å². The molecule has 2 amide bonds. The minimum Gasteiger partial charge on any atom is -0.431 e. The number of benzene rings is 1. The average molecular weight is 333 g/mol. The number of hydrogen-bond acceptors (Lipinski definition) is 5. The summed E-state index contributed by atoms with van der Waals surface area (Å²) in [5.41, 5.74) is 6.43. The third kappa shape index (κ3) is 4.25. The van der Waals surface area contributed by atoms with Crippen LogP contribution in [0.1, 0.15) is 32.1 Å². The molecule has 1 aliphatic carbocycles. The van der Waals surface area contributed by atoms with E-state index in [2.05, 4.69) is 15.8 Å². The summed E-state index contributed by atoms with van der Waals surface area (Å²) < 4.78 is 5.52. The molecule has 7 heteroatoms. The molecule has 1 aromatic carbocycles. The maximum absolute atomic E-state index is 11.9. The van der Waals surface area contributed by atoms with Crippen molar-refractivity contribution in [1.82, 2.24) is 15.8 Å². The molecule has 2 N–H and O–H groups in total. The third-order valence-corrected chi connectivity index (χ3v) is 4.73. The van der Waals surface area contributed by atoms with Crippen LogP contribution in [0.3, 0.4) is 0 Å². The molecule has 3 rings (SSSR count). The van der Waals surface area contributed by atoms with Gasteiger partial charge in [-0.05, 0) is 25.0 Å². The SMILES string of the molecule is O=C(CSc1nc2ccccc2o1)NNC(=O)C1CCCCC1. The van der Waals surface area contributed by atoms with E-state index >= 15 is 0 Å². The lowest BCUT2D eigenvalue weighted by atomic mass is 9.89. The van der Waals surface area contributed by atoms with Gasteiger partial charge in [-0.1, -0.05) is 43.2 Å². The highest BCUT2D eigenvalue weighted by Crippen LogP contribution is 2.24. The molecule has 1 saturated carbocycles. The van der Waals surface area contributed by atoms with Crippen LogP contribution in [0.5, 0.6) is 0 Å². The predicted molar refractivity (Wildman–Crippen MR) is 87.6 cm³/mol. The number of nitrogens with zero attached hydrogens (tertiary/aromatic N) is 1. The Balaban J connectivity index is 1.43. The monoisotopic (exact) mass is 333 g/mol. The van der Waals surface area contributed by atoms with E-state index in [-0.39, 0.29) is 23.5 Å². The van der Waals surface area contributed by atoms with Crippen LogP contribution in [0.2, 0.25) is 0 Å². The zero-order valence-electron chi connectivity index (χ0n) is 12.7. The van der Waals surface area contributed by atoms with Crippen molar-refractivity contribution in [1.29, 1.82) is 0 Å². The number of aromatic nitrogens is 1. The maximum atomic E-state index is 11.9. The largest absolute Gasteiger partial charge is 0.431 e.